The van der Waals surface area contributed by atoms with Crippen molar-refractivity contribution in [3.8, 4) is 0 Å². The lowest BCUT2D eigenvalue weighted by molar-refractivity contribution is 0.452. The van der Waals surface area contributed by atoms with E-state index in [0.29, 0.717) is 6.07 Å². The summed E-state index contributed by atoms with van der Waals surface area (Å²) in [5.74, 6) is -4.49. The van der Waals surface area contributed by atoms with Crippen molar-refractivity contribution in [2.75, 3.05) is 0 Å². The fourth-order valence-electron chi connectivity index (χ4n) is 1.12. The molecule has 0 aliphatic rings. The van der Waals surface area contributed by atoms with Gasteiger partial charge in [-0.25, -0.2) is 18.2 Å². The van der Waals surface area contributed by atoms with Gasteiger partial charge in [0.2, 0.25) is 0 Å². The average molecular weight is 200 g/mol. The molecule has 6 heteroatoms. The van der Waals surface area contributed by atoms with Gasteiger partial charge in [-0.3, -0.25) is 4.79 Å². The molecule has 0 bridgehead atoms. The highest BCUT2D eigenvalue weighted by Gasteiger charge is 2.15. The monoisotopic (exact) mass is 200 g/mol. The molecule has 0 saturated carbocycles. The molecule has 0 unspecified atom stereocenters. The van der Waals surface area contributed by atoms with E-state index in [1.807, 2.05) is 0 Å². The second-order valence-electron chi connectivity index (χ2n) is 2.61. The van der Waals surface area contributed by atoms with Crippen LogP contribution in [0.1, 0.15) is 0 Å². The van der Waals surface area contributed by atoms with Crippen LogP contribution in [0.4, 0.5) is 13.2 Å². The number of hydrogen-bond acceptors (Lipinski definition) is 2. The van der Waals surface area contributed by atoms with E-state index >= 15 is 0 Å². The smallest absolute Gasteiger partial charge is 0.258 e. The van der Waals surface area contributed by atoms with Crippen molar-refractivity contribution in [3.63, 3.8) is 0 Å². The maximum absolute atomic E-state index is 13.0. The summed E-state index contributed by atoms with van der Waals surface area (Å²) in [6.45, 7) is 0. The number of H-pyrrole nitrogens is 1. The molecule has 0 saturated heterocycles. The SMILES string of the molecule is O=c1[nH]cnc2c(F)c(F)c(F)cc12. The van der Waals surface area contributed by atoms with Crippen LogP contribution in [0.2, 0.25) is 0 Å². The number of aromatic nitrogens is 2. The second-order valence-corrected chi connectivity index (χ2v) is 2.61. The Kier molecular flexibility index (Phi) is 1.77. The third kappa shape index (κ3) is 1.07. The summed E-state index contributed by atoms with van der Waals surface area (Å²) in [5, 5.41) is -0.316. The Morgan fingerprint density at radius 2 is 1.93 bits per heavy atom. The van der Waals surface area contributed by atoms with Gasteiger partial charge < -0.3 is 4.98 Å². The predicted molar refractivity (Wildman–Crippen MR) is 42.2 cm³/mol. The van der Waals surface area contributed by atoms with Crippen LogP contribution in [0.15, 0.2) is 17.2 Å². The van der Waals surface area contributed by atoms with Gasteiger partial charge in [0.1, 0.15) is 5.52 Å². The van der Waals surface area contributed by atoms with Crippen LogP contribution in [0, 0.1) is 17.5 Å². The van der Waals surface area contributed by atoms with Crippen molar-refractivity contribution in [2.24, 2.45) is 0 Å². The summed E-state index contributed by atoms with van der Waals surface area (Å²) in [5.41, 5.74) is -1.19. The quantitative estimate of drug-likeness (QED) is 0.652. The number of halogens is 3. The zero-order chi connectivity index (χ0) is 10.3. The minimum atomic E-state index is -1.63. The maximum atomic E-state index is 13.0. The summed E-state index contributed by atoms with van der Waals surface area (Å²) in [4.78, 5) is 16.6. The first-order valence-corrected chi connectivity index (χ1v) is 3.62. The molecule has 1 aromatic carbocycles. The van der Waals surface area contributed by atoms with E-state index < -0.39 is 28.5 Å². The molecule has 0 spiro atoms. The average Bonchev–Trinajstić information content (AvgIpc) is 2.17. The summed E-state index contributed by atoms with van der Waals surface area (Å²) < 4.78 is 38.4. The first-order chi connectivity index (χ1) is 6.61. The number of fused-ring (bicyclic) bond motifs is 1. The Bertz CT molecular complexity index is 564. The molecule has 0 amide bonds. The molecule has 3 nitrogen and oxygen atoms in total. The fraction of sp³-hybridized carbons (Fsp3) is 0. The molecule has 0 atom stereocenters. The third-order valence-corrected chi connectivity index (χ3v) is 1.77. The molecule has 1 heterocycles. The van der Waals surface area contributed by atoms with Gasteiger partial charge in [-0.05, 0) is 6.07 Å². The summed E-state index contributed by atoms with van der Waals surface area (Å²) in [7, 11) is 0. The second kappa shape index (κ2) is 2.83. The van der Waals surface area contributed by atoms with Gasteiger partial charge >= 0.3 is 0 Å². The summed E-state index contributed by atoms with van der Waals surface area (Å²) in [6, 6.07) is 0.611. The number of hydrogen-bond donors (Lipinski definition) is 1. The van der Waals surface area contributed by atoms with Gasteiger partial charge in [-0.1, -0.05) is 0 Å². The Labute approximate surface area is 75.2 Å². The largest absolute Gasteiger partial charge is 0.313 e. The lowest BCUT2D eigenvalue weighted by Gasteiger charge is -1.99. The van der Waals surface area contributed by atoms with Gasteiger partial charge in [-0.15, -0.1) is 0 Å². The van der Waals surface area contributed by atoms with Crippen LogP contribution in [-0.2, 0) is 0 Å². The van der Waals surface area contributed by atoms with Crippen LogP contribution in [-0.4, -0.2) is 9.97 Å². The highest BCUT2D eigenvalue weighted by atomic mass is 19.2. The Balaban J connectivity index is 3.06. The lowest BCUT2D eigenvalue weighted by Crippen LogP contribution is -2.09. The molecule has 2 aromatic rings. The van der Waals surface area contributed by atoms with E-state index in [1.54, 1.807) is 0 Å². The third-order valence-electron chi connectivity index (χ3n) is 1.77. The van der Waals surface area contributed by atoms with Crippen molar-refractivity contribution >= 4 is 10.9 Å². The summed E-state index contributed by atoms with van der Waals surface area (Å²) >= 11 is 0. The molecule has 14 heavy (non-hydrogen) atoms. The van der Waals surface area contributed by atoms with E-state index in [4.69, 9.17) is 0 Å². The number of nitrogens with one attached hydrogen (secondary N) is 1. The molecule has 1 N–H and O–H groups in total. The van der Waals surface area contributed by atoms with Crippen molar-refractivity contribution in [3.05, 3.63) is 40.2 Å². The molecule has 72 valence electrons. The van der Waals surface area contributed by atoms with Gasteiger partial charge in [0.05, 0.1) is 11.7 Å². The van der Waals surface area contributed by atoms with Gasteiger partial charge in [0.25, 0.3) is 5.56 Å². The Hall–Kier alpha value is -1.85. The molecule has 0 aliphatic heterocycles. The molecule has 0 fully saturated rings. The van der Waals surface area contributed by atoms with Crippen molar-refractivity contribution in [1.29, 1.82) is 0 Å². The first kappa shape index (κ1) is 8.74. The van der Waals surface area contributed by atoms with Crippen molar-refractivity contribution in [2.45, 2.75) is 0 Å². The fourth-order valence-corrected chi connectivity index (χ4v) is 1.12. The van der Waals surface area contributed by atoms with Gasteiger partial charge in [0, 0.05) is 0 Å². The summed E-state index contributed by atoms with van der Waals surface area (Å²) in [6.07, 6.45) is 0.922. The van der Waals surface area contributed by atoms with E-state index in [0.717, 1.165) is 6.33 Å². The van der Waals surface area contributed by atoms with E-state index in [-0.39, 0.29) is 5.39 Å². The zero-order valence-electron chi connectivity index (χ0n) is 6.64. The molecular formula is C8H3F3N2O. The van der Waals surface area contributed by atoms with E-state index in [1.165, 1.54) is 0 Å². The molecule has 0 radical (unpaired) electrons. The number of benzene rings is 1. The molecule has 1 aromatic heterocycles. The number of aromatic amines is 1. The Morgan fingerprint density at radius 3 is 2.64 bits per heavy atom. The highest BCUT2D eigenvalue weighted by molar-refractivity contribution is 5.77. The van der Waals surface area contributed by atoms with Crippen LogP contribution in [0.25, 0.3) is 10.9 Å². The van der Waals surface area contributed by atoms with Crippen molar-refractivity contribution < 1.29 is 13.2 Å². The standard InChI is InChI=1S/C8H3F3N2O/c9-4-1-3-7(6(11)5(4)10)12-2-13-8(3)14/h1-2H,(H,12,13,14). The van der Waals surface area contributed by atoms with Crippen LogP contribution >= 0.6 is 0 Å². The van der Waals surface area contributed by atoms with Gasteiger partial charge in [0.15, 0.2) is 17.5 Å². The first-order valence-electron chi connectivity index (χ1n) is 3.62. The van der Waals surface area contributed by atoms with E-state index in [2.05, 4.69) is 9.97 Å². The lowest BCUT2D eigenvalue weighted by atomic mass is 10.2. The minimum absolute atomic E-state index is 0.316. The highest BCUT2D eigenvalue weighted by Crippen LogP contribution is 2.17. The maximum Gasteiger partial charge on any atom is 0.258 e. The zero-order valence-corrected chi connectivity index (χ0v) is 6.64. The van der Waals surface area contributed by atoms with E-state index in [9.17, 15) is 18.0 Å². The topological polar surface area (TPSA) is 45.8 Å². The van der Waals surface area contributed by atoms with Crippen LogP contribution < -0.4 is 5.56 Å². The van der Waals surface area contributed by atoms with Gasteiger partial charge in [-0.2, -0.15) is 0 Å². The minimum Gasteiger partial charge on any atom is -0.313 e. The van der Waals surface area contributed by atoms with Crippen LogP contribution in [0.3, 0.4) is 0 Å². The van der Waals surface area contributed by atoms with Crippen molar-refractivity contribution in [1.82, 2.24) is 9.97 Å². The number of rotatable bonds is 0. The molecule has 2 rings (SSSR count). The predicted octanol–water partition coefficient (Wildman–Crippen LogP) is 1.34. The molecule has 0 aliphatic carbocycles. The normalized spacial score (nSPS) is 10.8. The Morgan fingerprint density at radius 1 is 1.21 bits per heavy atom. The number of nitrogens with zero attached hydrogens (tertiary/aromatic N) is 1. The van der Waals surface area contributed by atoms with Crippen LogP contribution in [0.5, 0.6) is 0 Å². The molecular weight excluding hydrogens is 197 g/mol.